The Morgan fingerprint density at radius 2 is 2.19 bits per heavy atom. The maximum absolute atomic E-state index is 11.7. The van der Waals surface area contributed by atoms with Crippen LogP contribution in [-0.4, -0.2) is 54.3 Å². The average Bonchev–Trinajstić information content (AvgIpc) is 3.10. The second-order valence-electron chi connectivity index (χ2n) is 6.50. The van der Waals surface area contributed by atoms with Crippen molar-refractivity contribution in [1.82, 2.24) is 25.7 Å². The number of urea groups is 1. The van der Waals surface area contributed by atoms with Gasteiger partial charge < -0.3 is 20.5 Å². The summed E-state index contributed by atoms with van der Waals surface area (Å²) >= 11 is 0. The molecule has 8 nitrogen and oxygen atoms in total. The molecule has 0 radical (unpaired) electrons. The number of piperazine rings is 1. The number of anilines is 1. The monoisotopic (exact) mass is 358 g/mol. The molecule has 1 atom stereocenters. The van der Waals surface area contributed by atoms with Gasteiger partial charge in [0.25, 0.3) is 0 Å². The highest BCUT2D eigenvalue weighted by Crippen LogP contribution is 2.19. The molecule has 1 aliphatic rings. The molecule has 3 N–H and O–H groups in total. The third-order valence-electron chi connectivity index (χ3n) is 4.40. The molecule has 2 heterocycles. The van der Waals surface area contributed by atoms with Crippen LogP contribution < -0.4 is 16.0 Å². The molecule has 1 aromatic carbocycles. The van der Waals surface area contributed by atoms with Gasteiger partial charge in [0.2, 0.25) is 5.89 Å². The first kappa shape index (κ1) is 18.3. The number of aromatic nitrogens is 2. The van der Waals surface area contributed by atoms with Gasteiger partial charge in [-0.15, -0.1) is 0 Å². The molecule has 1 saturated heterocycles. The first-order chi connectivity index (χ1) is 12.7. The maximum Gasteiger partial charge on any atom is 0.319 e. The third-order valence-corrected chi connectivity index (χ3v) is 4.40. The van der Waals surface area contributed by atoms with E-state index in [1.54, 1.807) is 0 Å². The van der Waals surface area contributed by atoms with Gasteiger partial charge in [-0.3, -0.25) is 4.90 Å². The van der Waals surface area contributed by atoms with Gasteiger partial charge in [0, 0.05) is 31.9 Å². The van der Waals surface area contributed by atoms with Crippen molar-refractivity contribution in [2.45, 2.75) is 25.8 Å². The van der Waals surface area contributed by atoms with Gasteiger partial charge in [-0.1, -0.05) is 24.2 Å². The highest BCUT2D eigenvalue weighted by Gasteiger charge is 2.25. The Bertz CT molecular complexity index is 715. The Hall–Kier alpha value is -2.45. The minimum Gasteiger partial charge on any atom is -0.339 e. The first-order valence-electron chi connectivity index (χ1n) is 9.03. The molecular formula is C18H26N6O2. The van der Waals surface area contributed by atoms with Crippen molar-refractivity contribution in [1.29, 1.82) is 0 Å². The third kappa shape index (κ3) is 4.80. The molecule has 2 amide bonds. The molecule has 8 heteroatoms. The fourth-order valence-electron chi connectivity index (χ4n) is 2.86. The molecular weight excluding hydrogens is 332 g/mol. The molecule has 1 unspecified atom stereocenters. The second-order valence-corrected chi connectivity index (χ2v) is 6.50. The second kappa shape index (κ2) is 8.77. The number of carbonyl (C=O) groups is 1. The number of hydrogen-bond acceptors (Lipinski definition) is 6. The van der Waals surface area contributed by atoms with E-state index in [9.17, 15) is 4.79 Å². The van der Waals surface area contributed by atoms with E-state index in [0.29, 0.717) is 18.9 Å². The summed E-state index contributed by atoms with van der Waals surface area (Å²) in [7, 11) is 2.07. The lowest BCUT2D eigenvalue weighted by Crippen LogP contribution is -2.44. The lowest BCUT2D eigenvalue weighted by molar-refractivity contribution is 0.190. The summed E-state index contributed by atoms with van der Waals surface area (Å²) in [4.78, 5) is 18.4. The van der Waals surface area contributed by atoms with E-state index in [-0.39, 0.29) is 12.1 Å². The molecule has 1 aromatic heterocycles. The van der Waals surface area contributed by atoms with E-state index in [1.807, 2.05) is 31.2 Å². The number of nitrogens with zero attached hydrogens (tertiary/aromatic N) is 3. The molecule has 2 aromatic rings. The number of nitrogens with one attached hydrogen (secondary N) is 3. The molecule has 1 aliphatic heterocycles. The molecule has 0 aliphatic carbocycles. The molecule has 140 valence electrons. The Balaban J connectivity index is 1.57. The number of amides is 2. The van der Waals surface area contributed by atoms with Gasteiger partial charge in [0.1, 0.15) is 0 Å². The van der Waals surface area contributed by atoms with Crippen molar-refractivity contribution in [3.63, 3.8) is 0 Å². The van der Waals surface area contributed by atoms with Crippen LogP contribution >= 0.6 is 0 Å². The zero-order valence-corrected chi connectivity index (χ0v) is 15.3. The van der Waals surface area contributed by atoms with E-state index in [4.69, 9.17) is 4.52 Å². The van der Waals surface area contributed by atoms with Gasteiger partial charge in [-0.05, 0) is 31.2 Å². The molecule has 1 fully saturated rings. The number of rotatable bonds is 6. The molecule has 0 saturated carbocycles. The number of hydrogen-bond donors (Lipinski definition) is 3. The van der Waals surface area contributed by atoms with E-state index >= 15 is 0 Å². The molecule has 0 spiro atoms. The predicted molar refractivity (Wildman–Crippen MR) is 99.1 cm³/mol. The van der Waals surface area contributed by atoms with Crippen molar-refractivity contribution >= 4 is 11.7 Å². The van der Waals surface area contributed by atoms with E-state index in [0.717, 1.165) is 43.1 Å². The normalized spacial score (nSPS) is 17.8. The van der Waals surface area contributed by atoms with Crippen LogP contribution in [-0.2, 0) is 6.42 Å². The summed E-state index contributed by atoms with van der Waals surface area (Å²) in [6.07, 6.45) is 1.48. The smallest absolute Gasteiger partial charge is 0.319 e. The quantitative estimate of drug-likeness (QED) is 0.728. The summed E-state index contributed by atoms with van der Waals surface area (Å²) in [5, 5.41) is 13.1. The lowest BCUT2D eigenvalue weighted by atomic mass is 10.1. The number of likely N-dealkylation sites (N-methyl/N-ethyl adjacent to an activating group) is 1. The highest BCUT2D eigenvalue weighted by molar-refractivity contribution is 5.89. The minimum absolute atomic E-state index is 0.148. The summed E-state index contributed by atoms with van der Waals surface area (Å²) in [6.45, 7) is 5.45. The number of carbonyl (C=O) groups excluding carboxylic acids is 1. The molecule has 0 bridgehead atoms. The van der Waals surface area contributed by atoms with Crippen LogP contribution in [0.5, 0.6) is 0 Å². The predicted octanol–water partition coefficient (Wildman–Crippen LogP) is 1.77. The molecule has 3 rings (SSSR count). The SMILES string of the molecule is CCCNC(=O)Nc1ccc(Cc2nc(C3CNCCN3C)no2)cc1. The zero-order valence-electron chi connectivity index (χ0n) is 15.3. The van der Waals surface area contributed by atoms with Crippen LogP contribution in [0.15, 0.2) is 28.8 Å². The van der Waals surface area contributed by atoms with E-state index in [1.165, 1.54) is 0 Å². The fourth-order valence-corrected chi connectivity index (χ4v) is 2.86. The Morgan fingerprint density at radius 1 is 1.38 bits per heavy atom. The number of benzene rings is 1. The van der Waals surface area contributed by atoms with Crippen LogP contribution in [0, 0.1) is 0 Å². The van der Waals surface area contributed by atoms with Crippen molar-refractivity contribution in [2.75, 3.05) is 38.5 Å². The van der Waals surface area contributed by atoms with Gasteiger partial charge in [0.05, 0.1) is 12.5 Å². The summed E-state index contributed by atoms with van der Waals surface area (Å²) in [5.74, 6) is 1.32. The largest absolute Gasteiger partial charge is 0.339 e. The maximum atomic E-state index is 11.7. The molecule has 26 heavy (non-hydrogen) atoms. The summed E-state index contributed by atoms with van der Waals surface area (Å²) < 4.78 is 5.41. The van der Waals surface area contributed by atoms with E-state index in [2.05, 4.69) is 38.0 Å². The van der Waals surface area contributed by atoms with E-state index < -0.39 is 0 Å². The van der Waals surface area contributed by atoms with Gasteiger partial charge >= 0.3 is 6.03 Å². The fraction of sp³-hybridized carbons (Fsp3) is 0.500. The topological polar surface area (TPSA) is 95.3 Å². The van der Waals surface area contributed by atoms with Crippen LogP contribution in [0.4, 0.5) is 10.5 Å². The van der Waals surface area contributed by atoms with Crippen LogP contribution in [0.2, 0.25) is 0 Å². The Morgan fingerprint density at radius 3 is 2.92 bits per heavy atom. The van der Waals surface area contributed by atoms with Crippen molar-refractivity contribution in [3.05, 3.63) is 41.5 Å². The van der Waals surface area contributed by atoms with Gasteiger partial charge in [-0.2, -0.15) is 4.98 Å². The zero-order chi connectivity index (χ0) is 18.4. The summed E-state index contributed by atoms with van der Waals surface area (Å²) in [5.41, 5.74) is 1.80. The first-order valence-corrected chi connectivity index (χ1v) is 9.03. The van der Waals surface area contributed by atoms with Crippen LogP contribution in [0.25, 0.3) is 0 Å². The van der Waals surface area contributed by atoms with Gasteiger partial charge in [0.15, 0.2) is 5.82 Å². The van der Waals surface area contributed by atoms with Crippen LogP contribution in [0.1, 0.15) is 36.7 Å². The highest BCUT2D eigenvalue weighted by atomic mass is 16.5. The average molecular weight is 358 g/mol. The minimum atomic E-state index is -0.189. The Labute approximate surface area is 153 Å². The lowest BCUT2D eigenvalue weighted by Gasteiger charge is -2.30. The van der Waals surface area contributed by atoms with Crippen LogP contribution in [0.3, 0.4) is 0 Å². The summed E-state index contributed by atoms with van der Waals surface area (Å²) in [6, 6.07) is 7.61. The van der Waals surface area contributed by atoms with Crippen molar-refractivity contribution in [3.8, 4) is 0 Å². The van der Waals surface area contributed by atoms with Gasteiger partial charge in [-0.25, -0.2) is 4.79 Å². The van der Waals surface area contributed by atoms with Crippen molar-refractivity contribution < 1.29 is 9.32 Å². The van der Waals surface area contributed by atoms with Crippen molar-refractivity contribution in [2.24, 2.45) is 0 Å². The Kier molecular flexibility index (Phi) is 6.19. The standard InChI is InChI=1S/C18H26N6O2/c1-3-8-20-18(25)21-14-6-4-13(5-7-14)11-16-22-17(23-26-16)15-12-19-9-10-24(15)2/h4-7,15,19H,3,8-12H2,1-2H3,(H2,20,21,25).